The van der Waals surface area contributed by atoms with E-state index >= 15 is 0 Å². The van der Waals surface area contributed by atoms with Crippen LogP contribution in [0.4, 0.5) is 0 Å². The minimum absolute atomic E-state index is 0.0972. The fourth-order valence-electron chi connectivity index (χ4n) is 1.68. The molecule has 0 spiro atoms. The number of H-pyrrole nitrogens is 1. The fourth-order valence-corrected chi connectivity index (χ4v) is 2.81. The van der Waals surface area contributed by atoms with E-state index in [9.17, 15) is 4.21 Å². The molecular formula is C11H13IN2OS2. The van der Waals surface area contributed by atoms with Crippen molar-refractivity contribution in [2.75, 3.05) is 6.26 Å². The topological polar surface area (TPSA) is 37.8 Å². The van der Waals surface area contributed by atoms with Gasteiger partial charge in [-0.15, -0.1) is 0 Å². The summed E-state index contributed by atoms with van der Waals surface area (Å²) in [5.74, 6) is 0. The van der Waals surface area contributed by atoms with E-state index in [4.69, 9.17) is 12.2 Å². The average Bonchev–Trinajstić information content (AvgIpc) is 2.54. The maximum atomic E-state index is 11.4. The van der Waals surface area contributed by atoms with Crippen molar-refractivity contribution in [2.45, 2.75) is 18.7 Å². The summed E-state index contributed by atoms with van der Waals surface area (Å²) in [4.78, 5) is 3.19. The summed E-state index contributed by atoms with van der Waals surface area (Å²) in [7, 11) is -0.833. The summed E-state index contributed by atoms with van der Waals surface area (Å²) in [5, 5.41) is 0.0972. The van der Waals surface area contributed by atoms with E-state index in [1.165, 1.54) is 3.57 Å². The van der Waals surface area contributed by atoms with Crippen molar-refractivity contribution in [1.29, 1.82) is 0 Å². The first kappa shape index (κ1) is 13.2. The molecule has 0 radical (unpaired) electrons. The first-order valence-corrected chi connectivity index (χ1v) is 8.30. The molecule has 2 rings (SSSR count). The van der Waals surface area contributed by atoms with Crippen molar-refractivity contribution in [2.24, 2.45) is 0 Å². The highest BCUT2D eigenvalue weighted by Gasteiger charge is 2.11. The van der Waals surface area contributed by atoms with Gasteiger partial charge in [-0.1, -0.05) is 0 Å². The van der Waals surface area contributed by atoms with Crippen molar-refractivity contribution in [1.82, 2.24) is 9.55 Å². The fraction of sp³-hybridized carbons (Fsp3) is 0.364. The third kappa shape index (κ3) is 2.79. The highest BCUT2D eigenvalue weighted by Crippen LogP contribution is 2.18. The Morgan fingerprint density at radius 1 is 1.59 bits per heavy atom. The molecule has 0 aliphatic heterocycles. The number of aromatic nitrogens is 2. The average molecular weight is 380 g/mol. The van der Waals surface area contributed by atoms with Crippen molar-refractivity contribution in [3.63, 3.8) is 0 Å². The van der Waals surface area contributed by atoms with Crippen LogP contribution in [-0.2, 0) is 17.3 Å². The minimum atomic E-state index is -0.833. The molecule has 6 heteroatoms. The zero-order chi connectivity index (χ0) is 12.6. The van der Waals surface area contributed by atoms with Gasteiger partial charge in [-0.2, -0.15) is 0 Å². The van der Waals surface area contributed by atoms with Crippen molar-refractivity contribution in [3.8, 4) is 0 Å². The minimum Gasteiger partial charge on any atom is -0.331 e. The van der Waals surface area contributed by atoms with E-state index in [2.05, 4.69) is 45.8 Å². The first-order chi connectivity index (χ1) is 7.99. The molecule has 2 atom stereocenters. The molecule has 1 aromatic carbocycles. The van der Waals surface area contributed by atoms with E-state index in [1.807, 2.05) is 11.5 Å². The highest BCUT2D eigenvalue weighted by molar-refractivity contribution is 14.1. The molecule has 17 heavy (non-hydrogen) atoms. The maximum absolute atomic E-state index is 11.4. The quantitative estimate of drug-likeness (QED) is 0.657. The lowest BCUT2D eigenvalue weighted by Crippen LogP contribution is -2.17. The van der Waals surface area contributed by atoms with Crippen LogP contribution < -0.4 is 0 Å². The molecule has 1 aromatic heterocycles. The summed E-state index contributed by atoms with van der Waals surface area (Å²) >= 11 is 7.58. The number of nitrogens with one attached hydrogen (secondary N) is 1. The van der Waals surface area contributed by atoms with Crippen LogP contribution in [0.3, 0.4) is 0 Å². The Kier molecular flexibility index (Phi) is 4.04. The lowest BCUT2D eigenvalue weighted by atomic mass is 10.3. The Morgan fingerprint density at radius 3 is 2.94 bits per heavy atom. The van der Waals surface area contributed by atoms with E-state index in [-0.39, 0.29) is 5.25 Å². The summed E-state index contributed by atoms with van der Waals surface area (Å²) in [6.45, 7) is 2.66. The van der Waals surface area contributed by atoms with Gasteiger partial charge in [-0.05, 0) is 59.9 Å². The molecule has 1 heterocycles. The smallest absolute Gasteiger partial charge is 0.178 e. The van der Waals surface area contributed by atoms with Crippen LogP contribution in [0.2, 0.25) is 0 Å². The molecule has 2 unspecified atom stereocenters. The predicted octanol–water partition coefficient (Wildman–Crippen LogP) is 3.07. The molecule has 0 bridgehead atoms. The first-order valence-electron chi connectivity index (χ1n) is 5.19. The number of hydrogen-bond acceptors (Lipinski definition) is 2. The number of benzene rings is 1. The molecule has 92 valence electrons. The van der Waals surface area contributed by atoms with Gasteiger partial charge in [0.05, 0.1) is 11.0 Å². The third-order valence-corrected chi connectivity index (χ3v) is 5.02. The summed E-state index contributed by atoms with van der Waals surface area (Å²) in [6.07, 6.45) is 1.73. The maximum Gasteiger partial charge on any atom is 0.178 e. The molecule has 3 nitrogen and oxygen atoms in total. The summed E-state index contributed by atoms with van der Waals surface area (Å²) < 4.78 is 15.3. The second kappa shape index (κ2) is 5.19. The molecule has 0 amide bonds. The number of fused-ring (bicyclic) bond motifs is 1. The van der Waals surface area contributed by atoms with Crippen molar-refractivity contribution in [3.05, 3.63) is 26.5 Å². The normalized spacial score (nSPS) is 15.0. The Labute approximate surface area is 121 Å². The van der Waals surface area contributed by atoms with Gasteiger partial charge >= 0.3 is 0 Å². The molecule has 0 saturated heterocycles. The second-order valence-corrected chi connectivity index (χ2v) is 7.45. The van der Waals surface area contributed by atoms with Crippen LogP contribution in [0.15, 0.2) is 18.2 Å². The summed E-state index contributed by atoms with van der Waals surface area (Å²) in [6, 6.07) is 6.17. The Hall–Kier alpha value is -0.210. The number of hydrogen-bond donors (Lipinski definition) is 1. The van der Waals surface area contributed by atoms with Crippen LogP contribution in [0, 0.1) is 8.34 Å². The molecule has 0 aliphatic carbocycles. The van der Waals surface area contributed by atoms with Gasteiger partial charge in [-0.25, -0.2) is 0 Å². The Bertz CT molecular complexity index is 632. The van der Waals surface area contributed by atoms with Crippen molar-refractivity contribution < 1.29 is 4.21 Å². The van der Waals surface area contributed by atoms with Gasteiger partial charge in [0.2, 0.25) is 0 Å². The van der Waals surface area contributed by atoms with Crippen LogP contribution >= 0.6 is 34.8 Å². The predicted molar refractivity (Wildman–Crippen MR) is 83.4 cm³/mol. The third-order valence-electron chi connectivity index (χ3n) is 2.74. The number of imidazole rings is 1. The van der Waals surface area contributed by atoms with E-state index in [0.29, 0.717) is 11.3 Å². The van der Waals surface area contributed by atoms with Crippen LogP contribution in [-0.4, -0.2) is 25.3 Å². The van der Waals surface area contributed by atoms with E-state index < -0.39 is 10.8 Å². The van der Waals surface area contributed by atoms with Gasteiger partial charge in [0.25, 0.3) is 0 Å². The molecule has 1 N–H and O–H groups in total. The lowest BCUT2D eigenvalue weighted by molar-refractivity contribution is 0.647. The molecule has 2 aromatic rings. The summed E-state index contributed by atoms with van der Waals surface area (Å²) in [5.41, 5.74) is 2.11. The van der Waals surface area contributed by atoms with Crippen molar-refractivity contribution >= 4 is 56.6 Å². The van der Waals surface area contributed by atoms with Gasteiger partial charge in [0, 0.05) is 32.4 Å². The van der Waals surface area contributed by atoms with Gasteiger partial charge in [0.1, 0.15) is 0 Å². The Morgan fingerprint density at radius 2 is 2.29 bits per heavy atom. The zero-order valence-electron chi connectivity index (χ0n) is 9.57. The lowest BCUT2D eigenvalue weighted by Gasteiger charge is -2.10. The largest absolute Gasteiger partial charge is 0.331 e. The van der Waals surface area contributed by atoms with Crippen LogP contribution in [0.1, 0.15) is 6.92 Å². The number of halogens is 1. The number of rotatable bonds is 3. The zero-order valence-corrected chi connectivity index (χ0v) is 13.4. The van der Waals surface area contributed by atoms with Gasteiger partial charge < -0.3 is 9.55 Å². The molecule has 0 aliphatic rings. The number of aromatic amines is 1. The molecule has 0 saturated carbocycles. The number of nitrogens with zero attached hydrogens (tertiary/aromatic N) is 1. The monoisotopic (exact) mass is 380 g/mol. The highest BCUT2D eigenvalue weighted by atomic mass is 127. The molecular weight excluding hydrogens is 367 g/mol. The Balaban J connectivity index is 2.50. The van der Waals surface area contributed by atoms with E-state index in [0.717, 1.165) is 11.0 Å². The molecule has 0 fully saturated rings. The van der Waals surface area contributed by atoms with Gasteiger partial charge in [0.15, 0.2) is 4.77 Å². The van der Waals surface area contributed by atoms with Crippen LogP contribution in [0.5, 0.6) is 0 Å². The van der Waals surface area contributed by atoms with Crippen LogP contribution in [0.25, 0.3) is 11.0 Å². The second-order valence-electron chi connectivity index (χ2n) is 4.01. The standard InChI is InChI=1S/C11H13IN2OS2/c1-7(17(2)15)6-14-10-4-3-8(12)5-9(10)13-11(14)16/h3-5,7H,6H2,1-2H3,(H,13,16). The van der Waals surface area contributed by atoms with Gasteiger partial charge in [-0.3, -0.25) is 4.21 Å². The SMILES string of the molecule is CC(Cn1c(=S)[nH]c2cc(I)ccc21)S(C)=O. The van der Waals surface area contributed by atoms with E-state index in [1.54, 1.807) is 6.26 Å².